The fourth-order valence-electron chi connectivity index (χ4n) is 11.3. The van der Waals surface area contributed by atoms with Crippen molar-refractivity contribution >= 4 is 35.5 Å². The number of hydrogen-bond acceptors (Lipinski definition) is 10. The van der Waals surface area contributed by atoms with Gasteiger partial charge in [-0.1, -0.05) is 127 Å². The third-order valence-electron chi connectivity index (χ3n) is 14.8. The van der Waals surface area contributed by atoms with Crippen LogP contribution in [0.25, 0.3) is 22.8 Å². The predicted molar refractivity (Wildman–Crippen MR) is 268 cm³/mol. The van der Waals surface area contributed by atoms with E-state index in [1.807, 2.05) is 109 Å². The van der Waals surface area contributed by atoms with Crippen LogP contribution in [0.3, 0.4) is 0 Å². The number of esters is 2. The monoisotopic (exact) mass is 962 g/mol. The molecule has 0 spiro atoms. The molecule has 0 saturated heterocycles. The van der Waals surface area contributed by atoms with Gasteiger partial charge in [0.25, 0.3) is 0 Å². The van der Waals surface area contributed by atoms with Gasteiger partial charge >= 0.3 is 23.9 Å². The Morgan fingerprint density at radius 3 is 1.46 bits per heavy atom. The minimum Gasteiger partial charge on any atom is -0.504 e. The smallest absolute Gasteiger partial charge is 0.315 e. The summed E-state index contributed by atoms with van der Waals surface area (Å²) in [5.41, 5.74) is 7.95. The van der Waals surface area contributed by atoms with Crippen LogP contribution in [0.1, 0.15) is 69.0 Å². The Bertz CT molecular complexity index is 3160. The number of rotatable bonds is 14. The lowest BCUT2D eigenvalue weighted by molar-refractivity contribution is -0.160. The summed E-state index contributed by atoms with van der Waals surface area (Å²) in [6.07, 6.45) is 3.12. The van der Waals surface area contributed by atoms with Gasteiger partial charge in [0.2, 0.25) is 0 Å². The van der Waals surface area contributed by atoms with Crippen molar-refractivity contribution in [3.05, 3.63) is 203 Å². The van der Waals surface area contributed by atoms with Gasteiger partial charge in [-0.3, -0.25) is 19.2 Å². The lowest BCUT2D eigenvalue weighted by Crippen LogP contribution is -2.52. The largest absolute Gasteiger partial charge is 0.504 e. The fraction of sp³-hybridized carbons (Fsp3) is 0.200. The molecule has 0 unspecified atom stereocenters. The number of benzene rings is 7. The average molecular weight is 963 g/mol. The van der Waals surface area contributed by atoms with Gasteiger partial charge in [0.05, 0.1) is 37.9 Å². The number of phenols is 2. The molecule has 0 radical (unpaired) electrons. The van der Waals surface area contributed by atoms with Crippen LogP contribution in [-0.2, 0) is 25.6 Å². The first-order valence-electron chi connectivity index (χ1n) is 23.7. The third-order valence-corrected chi connectivity index (χ3v) is 14.8. The predicted octanol–water partition coefficient (Wildman–Crippen LogP) is 10.9. The molecule has 2 saturated carbocycles. The molecule has 3 aliphatic rings. The van der Waals surface area contributed by atoms with E-state index in [0.717, 1.165) is 39.0 Å². The Labute approximate surface area is 415 Å². The number of hydrogen-bond donors (Lipinski definition) is 4. The molecule has 0 heterocycles. The zero-order valence-corrected chi connectivity index (χ0v) is 39.3. The second-order valence-corrected chi connectivity index (χ2v) is 18.5. The highest BCUT2D eigenvalue weighted by atomic mass is 16.5. The summed E-state index contributed by atoms with van der Waals surface area (Å²) in [6, 6.07) is 48.5. The summed E-state index contributed by atoms with van der Waals surface area (Å²) in [4.78, 5) is 54.9. The molecule has 2 fully saturated rings. The number of aromatic hydroxyl groups is 2. The van der Waals surface area contributed by atoms with Gasteiger partial charge in [-0.15, -0.1) is 0 Å². The van der Waals surface area contributed by atoms with Crippen LogP contribution in [0.2, 0.25) is 0 Å². The maximum Gasteiger partial charge on any atom is 0.315 e. The molecule has 7 aromatic rings. The summed E-state index contributed by atoms with van der Waals surface area (Å²) < 4.78 is 23.0. The fourth-order valence-corrected chi connectivity index (χ4v) is 11.3. The van der Waals surface area contributed by atoms with E-state index in [1.165, 1.54) is 38.5 Å². The number of carboxylic acids is 2. The Kier molecular flexibility index (Phi) is 12.8. The highest BCUT2D eigenvalue weighted by Crippen LogP contribution is 2.60. The quantitative estimate of drug-likeness (QED) is 0.0598. The molecule has 3 aliphatic carbocycles. The minimum atomic E-state index is -1.13. The highest BCUT2D eigenvalue weighted by molar-refractivity contribution is 5.89. The van der Waals surface area contributed by atoms with E-state index in [-0.39, 0.29) is 23.0 Å². The second kappa shape index (κ2) is 19.6. The van der Waals surface area contributed by atoms with Crippen LogP contribution in [0, 0.1) is 23.7 Å². The van der Waals surface area contributed by atoms with Crippen molar-refractivity contribution in [1.82, 2.24) is 0 Å². The first kappa shape index (κ1) is 47.1. The van der Waals surface area contributed by atoms with Gasteiger partial charge in [0.1, 0.15) is 11.5 Å². The van der Waals surface area contributed by atoms with E-state index in [4.69, 9.17) is 18.9 Å². The topological polar surface area (TPSA) is 186 Å². The molecule has 0 amide bonds. The SMILES string of the molecule is COc1cc([C@H]2C(C(=O)O)[C@H](c3ccc(O)c(OC)c3)C2C(=O)Oc2cccc3c2CCC(c2ccc([C@H]4[C@H](C(=O)O)[C@H](c5ccccc5)[C@H]4C(=O)Oc4ccc(-c5ccccc5)cc4)cc2)=C3)ccc1O. The highest BCUT2D eigenvalue weighted by Gasteiger charge is 2.60. The summed E-state index contributed by atoms with van der Waals surface area (Å²) in [5, 5.41) is 42.1. The minimum absolute atomic E-state index is 0.128. The van der Waals surface area contributed by atoms with Crippen molar-refractivity contribution in [2.75, 3.05) is 14.2 Å². The summed E-state index contributed by atoms with van der Waals surface area (Å²) in [6.45, 7) is 0. The summed E-state index contributed by atoms with van der Waals surface area (Å²) in [7, 11) is 2.77. The van der Waals surface area contributed by atoms with E-state index >= 15 is 0 Å². The molecule has 4 N–H and O–H groups in total. The maximum absolute atomic E-state index is 14.6. The number of phenolic OH excluding ortho intramolecular Hbond substituents is 2. The Balaban J connectivity index is 0.913. The maximum atomic E-state index is 14.6. The molecular weight excluding hydrogens is 913 g/mol. The number of fused-ring (bicyclic) bond motifs is 1. The molecule has 362 valence electrons. The van der Waals surface area contributed by atoms with Gasteiger partial charge in [-0.05, 0) is 105 Å². The molecule has 72 heavy (non-hydrogen) atoms. The van der Waals surface area contributed by atoms with Crippen molar-refractivity contribution in [2.24, 2.45) is 23.7 Å². The van der Waals surface area contributed by atoms with Gasteiger partial charge in [-0.2, -0.15) is 0 Å². The number of carbonyl (C=O) groups is 4. The van der Waals surface area contributed by atoms with Crippen LogP contribution in [0.4, 0.5) is 0 Å². The standard InChI is InChI=1S/C60H50O12/c1-69-47-31-40(23-28-44(47)61)51-54(58(65)66)52(41-24-29-45(62)48(32-41)70-2)56(51)60(68)72-46-15-9-14-39-30-38(22-27-43(39)46)35-16-18-37(19-17-35)50-53(57(63)64)49(36-12-7-4-8-13-36)55(50)59(67)71-42-25-20-34(21-26-42)33-10-5-3-6-11-33/h3-21,23-26,28-32,49-56,61-62H,22,27H2,1-2H3,(H,63,64)(H,65,66)/t49-,50-,51-,52-,53+,54?,55+,56?/m0/s1. The molecular formula is C60H50O12. The Hall–Kier alpha value is -8.64. The van der Waals surface area contributed by atoms with Crippen LogP contribution in [0.15, 0.2) is 164 Å². The van der Waals surface area contributed by atoms with Crippen LogP contribution in [0.5, 0.6) is 34.5 Å². The number of allylic oxidation sites excluding steroid dienone is 1. The van der Waals surface area contributed by atoms with E-state index in [2.05, 4.69) is 0 Å². The molecule has 7 aromatic carbocycles. The normalized spacial score (nSPS) is 21.9. The second-order valence-electron chi connectivity index (χ2n) is 18.5. The van der Waals surface area contributed by atoms with E-state index in [9.17, 15) is 39.6 Å². The van der Waals surface area contributed by atoms with Crippen molar-refractivity contribution in [3.63, 3.8) is 0 Å². The van der Waals surface area contributed by atoms with Crippen molar-refractivity contribution < 1.29 is 58.6 Å². The number of ether oxygens (including phenoxy) is 4. The van der Waals surface area contributed by atoms with Gasteiger partial charge in [-0.25, -0.2) is 0 Å². The van der Waals surface area contributed by atoms with Crippen molar-refractivity contribution in [2.45, 2.75) is 36.5 Å². The molecule has 12 nitrogen and oxygen atoms in total. The number of carbonyl (C=O) groups excluding carboxylic acids is 2. The van der Waals surface area contributed by atoms with Crippen molar-refractivity contribution in [3.8, 4) is 45.6 Å². The number of carboxylic acid groups (broad SMARTS) is 2. The first-order valence-corrected chi connectivity index (χ1v) is 23.7. The molecule has 0 bridgehead atoms. The van der Waals surface area contributed by atoms with Gasteiger partial charge in [0, 0.05) is 29.2 Å². The van der Waals surface area contributed by atoms with Crippen LogP contribution in [-0.4, -0.2) is 58.5 Å². The lowest BCUT2D eigenvalue weighted by atomic mass is 9.52. The molecule has 12 heteroatoms. The van der Waals surface area contributed by atoms with E-state index < -0.39 is 71.2 Å². The summed E-state index contributed by atoms with van der Waals surface area (Å²) in [5.74, 6) is -9.33. The number of aliphatic carboxylic acids is 2. The lowest BCUT2D eigenvalue weighted by Gasteiger charge is -2.49. The Morgan fingerprint density at radius 2 is 0.917 bits per heavy atom. The van der Waals surface area contributed by atoms with Crippen molar-refractivity contribution in [1.29, 1.82) is 0 Å². The third kappa shape index (κ3) is 8.69. The molecule has 0 aromatic heterocycles. The zero-order valence-electron chi connectivity index (χ0n) is 39.3. The summed E-state index contributed by atoms with van der Waals surface area (Å²) >= 11 is 0. The Morgan fingerprint density at radius 1 is 0.444 bits per heavy atom. The molecule has 10 rings (SSSR count). The molecule has 6 atom stereocenters. The van der Waals surface area contributed by atoms with Crippen LogP contribution >= 0.6 is 0 Å². The van der Waals surface area contributed by atoms with E-state index in [0.29, 0.717) is 41.0 Å². The van der Waals surface area contributed by atoms with Gasteiger partial charge in [0.15, 0.2) is 23.0 Å². The van der Waals surface area contributed by atoms with Crippen LogP contribution < -0.4 is 18.9 Å². The molecule has 0 aliphatic heterocycles. The number of methoxy groups -OCH3 is 2. The van der Waals surface area contributed by atoms with E-state index in [1.54, 1.807) is 36.4 Å². The average Bonchev–Trinajstić information content (AvgIpc) is 3.37. The zero-order chi connectivity index (χ0) is 50.2. The first-order chi connectivity index (χ1) is 34.9. The van der Waals surface area contributed by atoms with Gasteiger partial charge < -0.3 is 39.4 Å².